The molecule has 0 aromatic carbocycles. The van der Waals surface area contributed by atoms with Gasteiger partial charge in [0.2, 0.25) is 0 Å². The maximum absolute atomic E-state index is 2.80. The van der Waals surface area contributed by atoms with Gasteiger partial charge in [-0.05, 0) is 0 Å². The zero-order chi connectivity index (χ0) is 19.2. The number of hydrogen-bond acceptors (Lipinski definition) is 0. The summed E-state index contributed by atoms with van der Waals surface area (Å²) in [6.07, 6.45) is 21.9. The van der Waals surface area contributed by atoms with Crippen LogP contribution in [0.25, 0.3) is 0 Å². The van der Waals surface area contributed by atoms with Crippen molar-refractivity contribution >= 4 is 16.1 Å². The summed E-state index contributed by atoms with van der Waals surface area (Å²) < 4.78 is 0.873. The van der Waals surface area contributed by atoms with Gasteiger partial charge in [0, 0.05) is 0 Å². The largest absolute Gasteiger partial charge is 1.00 e. The summed E-state index contributed by atoms with van der Waals surface area (Å²) in [5, 5.41) is 3.70. The number of hydrogen-bond donors (Lipinski definition) is 0. The van der Waals surface area contributed by atoms with Gasteiger partial charge >= 0.3 is 182 Å². The summed E-state index contributed by atoms with van der Waals surface area (Å²) >= 11 is -0.631. The van der Waals surface area contributed by atoms with Crippen molar-refractivity contribution < 1.29 is 48.0 Å². The Hall–Kier alpha value is 0.857. The van der Waals surface area contributed by atoms with Crippen LogP contribution in [0.5, 0.6) is 0 Å². The fourth-order valence-electron chi connectivity index (χ4n) is 6.29. The van der Waals surface area contributed by atoms with Gasteiger partial charge in [-0.15, -0.1) is 0 Å². The zero-order valence-corrected chi connectivity index (χ0v) is 24.8. The minimum atomic E-state index is -1.05. The predicted molar refractivity (Wildman–Crippen MR) is 121 cm³/mol. The van der Waals surface area contributed by atoms with Crippen molar-refractivity contribution in [3.8, 4) is 0 Å². The van der Waals surface area contributed by atoms with Crippen molar-refractivity contribution in [1.29, 1.82) is 0 Å². The summed E-state index contributed by atoms with van der Waals surface area (Å²) in [5.41, 5.74) is 0. The number of allylic oxidation sites excluding steroid dienone is 8. The standard InChI is InChI=1S/2C12H19Si.2ClH.Zr/c2*1-3-7-13(8-4-9-13)12-6-5-11(2)10-12;;;/h2*5-6,10H,3-4,7-9H2,1-2H3;2*1H;/q;;;;+2/p-2. The molecule has 0 radical (unpaired) electrons. The topological polar surface area (TPSA) is 0 Å². The quantitative estimate of drug-likeness (QED) is 0.411. The Kier molecular flexibility index (Phi) is 8.80. The molecule has 0 aromatic rings. The average molecular weight is 545 g/mol. The van der Waals surface area contributed by atoms with E-state index in [1.807, 2.05) is 10.4 Å². The molecule has 2 fully saturated rings. The van der Waals surface area contributed by atoms with Crippen molar-refractivity contribution in [3.05, 3.63) is 46.8 Å². The molecule has 0 saturated carbocycles. The second-order valence-corrected chi connectivity index (χ2v) is 25.5. The van der Waals surface area contributed by atoms with Gasteiger partial charge in [0.05, 0.1) is 0 Å². The van der Waals surface area contributed by atoms with Crippen LogP contribution in [-0.4, -0.2) is 16.1 Å². The summed E-state index contributed by atoms with van der Waals surface area (Å²) in [6.45, 7) is 9.94. The fraction of sp³-hybridized carbons (Fsp3) is 0.667. The first kappa shape index (κ1) is 26.1. The van der Waals surface area contributed by atoms with E-state index >= 15 is 0 Å². The van der Waals surface area contributed by atoms with E-state index in [4.69, 9.17) is 0 Å². The van der Waals surface area contributed by atoms with E-state index < -0.39 is 39.4 Å². The Morgan fingerprint density at radius 2 is 1.14 bits per heavy atom. The molecule has 0 N–H and O–H groups in total. The minimum Gasteiger partial charge on any atom is -1.00 e. The van der Waals surface area contributed by atoms with Crippen LogP contribution in [0.15, 0.2) is 46.8 Å². The van der Waals surface area contributed by atoms with Crippen molar-refractivity contribution in [2.24, 2.45) is 0 Å². The third-order valence-electron chi connectivity index (χ3n) is 7.97. The molecule has 2 aliphatic carbocycles. The molecule has 29 heavy (non-hydrogen) atoms. The SMILES string of the molecule is CCC[Si]1(C2=C[C](C)([Zr+2][C]3(C)C=CC([Si]4(CCC)CCC4)=C3)C=C2)CCC1.[Cl-].[Cl-]. The molecule has 2 heterocycles. The third kappa shape index (κ3) is 4.95. The molecule has 0 amide bonds. The maximum atomic E-state index is 2.80. The molecule has 2 aliphatic heterocycles. The monoisotopic (exact) mass is 542 g/mol. The van der Waals surface area contributed by atoms with E-state index in [0.717, 1.165) is 0 Å². The first-order valence-corrected chi connectivity index (χ1v) is 19.2. The summed E-state index contributed by atoms with van der Waals surface area (Å²) in [4.78, 5) is 0. The second-order valence-electron chi connectivity index (χ2n) is 10.3. The van der Waals surface area contributed by atoms with E-state index in [1.54, 1.807) is 24.2 Å². The van der Waals surface area contributed by atoms with Gasteiger partial charge in [0.25, 0.3) is 0 Å². The maximum Gasteiger partial charge on any atom is -1.00 e. The number of halogens is 2. The van der Waals surface area contributed by atoms with Crippen LogP contribution >= 0.6 is 0 Å². The number of rotatable bonds is 8. The zero-order valence-electron chi connectivity index (χ0n) is 18.8. The summed E-state index contributed by atoms with van der Waals surface area (Å²) in [6, 6.07) is 9.37. The molecule has 0 nitrogen and oxygen atoms in total. The molecule has 0 bridgehead atoms. The smallest absolute Gasteiger partial charge is 1.00 e. The molecule has 5 heteroatoms. The second kappa shape index (κ2) is 9.78. The Labute approximate surface area is 205 Å². The fourth-order valence-corrected chi connectivity index (χ4v) is 20.9. The third-order valence-corrected chi connectivity index (χ3v) is 23.4. The van der Waals surface area contributed by atoms with Gasteiger partial charge in [0.15, 0.2) is 0 Å². The summed E-state index contributed by atoms with van der Waals surface area (Å²) in [5.74, 6) is 0. The Bertz CT molecular complexity index is 658. The molecule has 2 atom stereocenters. The Morgan fingerprint density at radius 1 is 0.759 bits per heavy atom. The average Bonchev–Trinajstić information content (AvgIpc) is 3.10. The van der Waals surface area contributed by atoms with Crippen molar-refractivity contribution in [2.45, 2.75) is 95.9 Å². The van der Waals surface area contributed by atoms with Gasteiger partial charge in [-0.2, -0.15) is 0 Å². The molecule has 0 aromatic heterocycles. The van der Waals surface area contributed by atoms with E-state index in [0.29, 0.717) is 6.25 Å². The first-order valence-electron chi connectivity index (χ1n) is 11.5. The van der Waals surface area contributed by atoms with Crippen LogP contribution in [0.3, 0.4) is 0 Å². The van der Waals surface area contributed by atoms with Crippen LogP contribution in [-0.2, 0) is 23.2 Å². The minimum absolute atomic E-state index is 0. The van der Waals surface area contributed by atoms with E-state index in [2.05, 4.69) is 64.2 Å². The van der Waals surface area contributed by atoms with Crippen molar-refractivity contribution in [2.75, 3.05) is 0 Å². The summed E-state index contributed by atoms with van der Waals surface area (Å²) in [7, 11) is -2.11. The van der Waals surface area contributed by atoms with Gasteiger partial charge in [0.1, 0.15) is 0 Å². The van der Waals surface area contributed by atoms with E-state index in [1.165, 1.54) is 37.8 Å². The van der Waals surface area contributed by atoms with Crippen LogP contribution in [0.4, 0.5) is 0 Å². The Balaban J connectivity index is 0.00000150. The first-order chi connectivity index (χ1) is 12.9. The molecular weight excluding hydrogens is 507 g/mol. The van der Waals surface area contributed by atoms with Crippen LogP contribution in [0.2, 0.25) is 42.5 Å². The van der Waals surface area contributed by atoms with Gasteiger partial charge < -0.3 is 24.8 Å². The van der Waals surface area contributed by atoms with E-state index in [-0.39, 0.29) is 24.8 Å². The van der Waals surface area contributed by atoms with Crippen molar-refractivity contribution in [3.63, 3.8) is 0 Å². The van der Waals surface area contributed by atoms with Gasteiger partial charge in [-0.3, -0.25) is 0 Å². The van der Waals surface area contributed by atoms with Crippen LogP contribution in [0, 0.1) is 0 Å². The molecule has 4 aliphatic rings. The molecule has 2 unspecified atom stereocenters. The Morgan fingerprint density at radius 3 is 1.41 bits per heavy atom. The predicted octanol–water partition coefficient (Wildman–Crippen LogP) is 2.03. The van der Waals surface area contributed by atoms with Gasteiger partial charge in [-0.25, -0.2) is 0 Å². The molecular formula is C24H38Cl2Si2Zr. The van der Waals surface area contributed by atoms with Gasteiger partial charge in [-0.1, -0.05) is 0 Å². The van der Waals surface area contributed by atoms with Crippen LogP contribution < -0.4 is 24.8 Å². The van der Waals surface area contributed by atoms with E-state index in [9.17, 15) is 0 Å². The normalized spacial score (nSPS) is 32.8. The van der Waals surface area contributed by atoms with Crippen LogP contribution in [0.1, 0.15) is 53.4 Å². The molecule has 160 valence electrons. The van der Waals surface area contributed by atoms with Crippen molar-refractivity contribution in [1.82, 2.24) is 0 Å². The molecule has 4 rings (SSSR count). The molecule has 2 saturated heterocycles. The molecule has 0 spiro atoms.